The van der Waals surface area contributed by atoms with Gasteiger partial charge in [-0.1, -0.05) is 0 Å². The Balaban J connectivity index is 1.82. The molecule has 1 saturated heterocycles. The van der Waals surface area contributed by atoms with E-state index < -0.39 is 0 Å². The van der Waals surface area contributed by atoms with Crippen LogP contribution in [-0.4, -0.2) is 70.8 Å². The van der Waals surface area contributed by atoms with E-state index in [4.69, 9.17) is 9.72 Å². The Morgan fingerprint density at radius 2 is 2.11 bits per heavy atom. The molecule has 1 aliphatic rings. The van der Waals surface area contributed by atoms with E-state index in [9.17, 15) is 4.79 Å². The Labute approximate surface area is 164 Å². The maximum absolute atomic E-state index is 13.4. The fourth-order valence-electron chi connectivity index (χ4n) is 3.80. The van der Waals surface area contributed by atoms with Crippen LogP contribution in [0.5, 0.6) is 5.75 Å². The summed E-state index contributed by atoms with van der Waals surface area (Å²) in [7, 11) is 7.48. The average molecular weight is 379 g/mol. The van der Waals surface area contributed by atoms with Gasteiger partial charge < -0.3 is 14.5 Å². The van der Waals surface area contributed by atoms with Crippen molar-refractivity contribution in [3.63, 3.8) is 0 Å². The van der Waals surface area contributed by atoms with Crippen molar-refractivity contribution < 1.29 is 9.53 Å². The number of carbonyl (C=O) groups is 1. The number of hydrogen-bond donors (Lipinski definition) is 0. The molecule has 1 aromatic carbocycles. The molecule has 0 N–H and O–H groups in total. The van der Waals surface area contributed by atoms with Gasteiger partial charge in [-0.3, -0.25) is 9.48 Å². The Kier molecular flexibility index (Phi) is 4.77. The normalized spacial score (nSPS) is 17.2. The number of hydrogen-bond acceptors (Lipinski definition) is 5. The van der Waals surface area contributed by atoms with E-state index in [0.717, 1.165) is 41.7 Å². The number of nitrogens with zero attached hydrogens (tertiary/aromatic N) is 5. The van der Waals surface area contributed by atoms with Gasteiger partial charge in [0, 0.05) is 49.9 Å². The average Bonchev–Trinajstić information content (AvgIpc) is 3.33. The quantitative estimate of drug-likeness (QED) is 0.697. The minimum Gasteiger partial charge on any atom is -0.497 e. The maximum Gasteiger partial charge on any atom is 0.254 e. The summed E-state index contributed by atoms with van der Waals surface area (Å²) in [4.78, 5) is 22.3. The number of pyridine rings is 1. The van der Waals surface area contributed by atoms with Gasteiger partial charge in [0.1, 0.15) is 5.75 Å². The van der Waals surface area contributed by atoms with E-state index in [0.29, 0.717) is 11.3 Å². The third kappa shape index (κ3) is 3.33. The fourth-order valence-corrected chi connectivity index (χ4v) is 3.80. The molecular weight excluding hydrogens is 354 g/mol. The molecule has 1 unspecified atom stereocenters. The number of rotatable bonds is 4. The third-order valence-corrected chi connectivity index (χ3v) is 5.48. The van der Waals surface area contributed by atoms with E-state index in [1.54, 1.807) is 18.0 Å². The molecule has 4 rings (SSSR count). The van der Waals surface area contributed by atoms with E-state index in [1.807, 2.05) is 49.5 Å². The molecular formula is C21H25N5O2. The van der Waals surface area contributed by atoms with Gasteiger partial charge in [0.15, 0.2) is 0 Å². The third-order valence-electron chi connectivity index (χ3n) is 5.48. The predicted octanol–water partition coefficient (Wildman–Crippen LogP) is 2.42. The first kappa shape index (κ1) is 18.4. The molecule has 0 saturated carbocycles. The minimum absolute atomic E-state index is 0.0167. The molecule has 1 aliphatic heterocycles. The summed E-state index contributed by atoms with van der Waals surface area (Å²) in [5.41, 5.74) is 3.00. The first-order chi connectivity index (χ1) is 13.5. The summed E-state index contributed by atoms with van der Waals surface area (Å²) >= 11 is 0. The molecule has 1 amide bonds. The van der Waals surface area contributed by atoms with E-state index >= 15 is 0 Å². The lowest BCUT2D eigenvalue weighted by atomic mass is 10.0. The highest BCUT2D eigenvalue weighted by atomic mass is 16.5. The molecule has 7 heteroatoms. The largest absolute Gasteiger partial charge is 0.497 e. The highest BCUT2D eigenvalue weighted by molar-refractivity contribution is 6.07. The molecule has 0 bridgehead atoms. The molecule has 0 aliphatic carbocycles. The molecule has 1 atom stereocenters. The van der Waals surface area contributed by atoms with Gasteiger partial charge in [0.2, 0.25) is 0 Å². The van der Waals surface area contributed by atoms with Crippen LogP contribution in [0.2, 0.25) is 0 Å². The summed E-state index contributed by atoms with van der Waals surface area (Å²) in [6.45, 7) is 1.91. The van der Waals surface area contributed by atoms with Gasteiger partial charge >= 0.3 is 0 Å². The Hall–Kier alpha value is -2.93. The highest BCUT2D eigenvalue weighted by Crippen LogP contribution is 2.29. The molecule has 28 heavy (non-hydrogen) atoms. The lowest BCUT2D eigenvalue weighted by molar-refractivity contribution is 0.0739. The standard InChI is InChI=1S/C21H25N5O2/c1-24-8-7-15(13-24)26(3)21(27)18-10-19(14-11-22-25(2)12-14)23-20-9-16(28-4)5-6-17(18)20/h5-6,9-12,15H,7-8,13H2,1-4H3. The number of benzene rings is 1. The first-order valence-electron chi connectivity index (χ1n) is 9.40. The van der Waals surface area contributed by atoms with Crippen LogP contribution in [-0.2, 0) is 7.05 Å². The maximum atomic E-state index is 13.4. The number of methoxy groups -OCH3 is 1. The second kappa shape index (κ2) is 7.24. The Morgan fingerprint density at radius 3 is 2.75 bits per heavy atom. The topological polar surface area (TPSA) is 63.5 Å². The highest BCUT2D eigenvalue weighted by Gasteiger charge is 2.28. The van der Waals surface area contributed by atoms with Gasteiger partial charge in [0.05, 0.1) is 30.1 Å². The number of likely N-dealkylation sites (tertiary alicyclic amines) is 1. The predicted molar refractivity (Wildman–Crippen MR) is 108 cm³/mol. The minimum atomic E-state index is 0.0167. The molecule has 146 valence electrons. The SMILES string of the molecule is COc1ccc2c(C(=O)N(C)C3CCN(C)C3)cc(-c3cnn(C)c3)nc2c1. The monoisotopic (exact) mass is 379 g/mol. The van der Waals surface area contributed by atoms with Gasteiger partial charge in [-0.25, -0.2) is 4.98 Å². The van der Waals surface area contributed by atoms with Crippen LogP contribution in [0, 0.1) is 0 Å². The van der Waals surface area contributed by atoms with Crippen LogP contribution in [0.3, 0.4) is 0 Å². The van der Waals surface area contributed by atoms with Gasteiger partial charge in [-0.05, 0) is 38.2 Å². The number of aryl methyl sites for hydroxylation is 1. The molecule has 2 aromatic heterocycles. The molecule has 7 nitrogen and oxygen atoms in total. The van der Waals surface area contributed by atoms with Gasteiger partial charge in [-0.15, -0.1) is 0 Å². The fraction of sp³-hybridized carbons (Fsp3) is 0.381. The van der Waals surface area contributed by atoms with Gasteiger partial charge in [-0.2, -0.15) is 5.10 Å². The number of carbonyl (C=O) groups excluding carboxylic acids is 1. The van der Waals surface area contributed by atoms with Crippen molar-refractivity contribution >= 4 is 16.8 Å². The number of likely N-dealkylation sites (N-methyl/N-ethyl adjacent to an activating group) is 2. The summed E-state index contributed by atoms with van der Waals surface area (Å²) < 4.78 is 7.09. The van der Waals surface area contributed by atoms with E-state index in [2.05, 4.69) is 17.0 Å². The van der Waals surface area contributed by atoms with Crippen LogP contribution in [0.1, 0.15) is 16.8 Å². The van der Waals surface area contributed by atoms with E-state index in [-0.39, 0.29) is 11.9 Å². The lowest BCUT2D eigenvalue weighted by Gasteiger charge is -2.25. The summed E-state index contributed by atoms with van der Waals surface area (Å²) in [6.07, 6.45) is 4.65. The zero-order valence-electron chi connectivity index (χ0n) is 16.7. The number of fused-ring (bicyclic) bond motifs is 1. The molecule has 1 fully saturated rings. The van der Waals surface area contributed by atoms with Crippen LogP contribution in [0.15, 0.2) is 36.7 Å². The van der Waals surface area contributed by atoms with Crippen molar-refractivity contribution in [3.8, 4) is 17.0 Å². The van der Waals surface area contributed by atoms with Crippen LogP contribution >= 0.6 is 0 Å². The Morgan fingerprint density at radius 1 is 1.29 bits per heavy atom. The zero-order chi connectivity index (χ0) is 19.8. The van der Waals surface area contributed by atoms with Crippen LogP contribution in [0.25, 0.3) is 22.2 Å². The van der Waals surface area contributed by atoms with Crippen molar-refractivity contribution in [2.75, 3.05) is 34.3 Å². The number of aromatic nitrogens is 3. The van der Waals surface area contributed by atoms with Crippen LogP contribution < -0.4 is 4.74 Å². The zero-order valence-corrected chi connectivity index (χ0v) is 16.7. The summed E-state index contributed by atoms with van der Waals surface area (Å²) in [5.74, 6) is 0.732. The van der Waals surface area contributed by atoms with Crippen molar-refractivity contribution in [3.05, 3.63) is 42.2 Å². The smallest absolute Gasteiger partial charge is 0.254 e. The van der Waals surface area contributed by atoms with Crippen molar-refractivity contribution in [1.29, 1.82) is 0 Å². The Bertz CT molecular complexity index is 1030. The van der Waals surface area contributed by atoms with Gasteiger partial charge in [0.25, 0.3) is 5.91 Å². The molecule has 3 heterocycles. The number of amides is 1. The summed E-state index contributed by atoms with van der Waals surface area (Å²) in [6, 6.07) is 7.75. The lowest BCUT2D eigenvalue weighted by Crippen LogP contribution is -2.38. The number of ether oxygens (including phenoxy) is 1. The summed E-state index contributed by atoms with van der Waals surface area (Å²) in [5, 5.41) is 5.07. The van der Waals surface area contributed by atoms with Crippen molar-refractivity contribution in [2.45, 2.75) is 12.5 Å². The van der Waals surface area contributed by atoms with E-state index in [1.165, 1.54) is 0 Å². The van der Waals surface area contributed by atoms with Crippen molar-refractivity contribution in [2.24, 2.45) is 7.05 Å². The second-order valence-electron chi connectivity index (χ2n) is 7.46. The second-order valence-corrected chi connectivity index (χ2v) is 7.46. The molecule has 3 aromatic rings. The first-order valence-corrected chi connectivity index (χ1v) is 9.40. The molecule has 0 radical (unpaired) electrons. The van der Waals surface area contributed by atoms with Crippen molar-refractivity contribution in [1.82, 2.24) is 24.6 Å². The van der Waals surface area contributed by atoms with Crippen LogP contribution in [0.4, 0.5) is 0 Å². The molecule has 0 spiro atoms.